The van der Waals surface area contributed by atoms with Crippen LogP contribution in [0, 0.1) is 6.92 Å². The lowest BCUT2D eigenvalue weighted by molar-refractivity contribution is 0.517. The van der Waals surface area contributed by atoms with Crippen LogP contribution in [0.2, 0.25) is 0 Å². The summed E-state index contributed by atoms with van der Waals surface area (Å²) in [6.45, 7) is 8.84. The largest absolute Gasteiger partial charge is 0.330 e. The molecule has 0 aromatic carbocycles. The second-order valence-electron chi connectivity index (χ2n) is 4.23. The maximum atomic E-state index is 5.72. The molecule has 0 unspecified atom stereocenters. The molecule has 3 nitrogen and oxygen atoms in total. The van der Waals surface area contributed by atoms with Crippen molar-refractivity contribution in [3.05, 3.63) is 23.3 Å². The minimum Gasteiger partial charge on any atom is -0.330 e. The molecule has 0 spiro atoms. The summed E-state index contributed by atoms with van der Waals surface area (Å²) in [6, 6.07) is 2.06. The Bertz CT molecular complexity index is 318. The van der Waals surface area contributed by atoms with E-state index in [4.69, 9.17) is 5.73 Å². The predicted molar refractivity (Wildman–Crippen MR) is 58.2 cm³/mol. The summed E-state index contributed by atoms with van der Waals surface area (Å²) in [5.74, 6) is 0.834. The highest BCUT2D eigenvalue weighted by Gasteiger charge is 2.21. The lowest BCUT2D eigenvalue weighted by Crippen LogP contribution is -2.29. The Hall–Kier alpha value is -0.960. The van der Waals surface area contributed by atoms with E-state index in [0.717, 1.165) is 23.6 Å². The summed E-state index contributed by atoms with van der Waals surface area (Å²) in [7, 11) is 0. The van der Waals surface area contributed by atoms with Crippen molar-refractivity contribution < 1.29 is 0 Å². The summed E-state index contributed by atoms with van der Waals surface area (Å²) in [5.41, 5.74) is 7.80. The number of hydrogen-bond acceptors (Lipinski definition) is 3. The van der Waals surface area contributed by atoms with Crippen LogP contribution in [0.25, 0.3) is 0 Å². The van der Waals surface area contributed by atoms with Gasteiger partial charge in [-0.3, -0.25) is 0 Å². The molecule has 0 aliphatic rings. The fourth-order valence-corrected chi connectivity index (χ4v) is 1.26. The highest BCUT2D eigenvalue weighted by atomic mass is 14.9. The van der Waals surface area contributed by atoms with Crippen molar-refractivity contribution in [2.24, 2.45) is 5.73 Å². The number of hydrogen-bond donors (Lipinski definition) is 1. The van der Waals surface area contributed by atoms with E-state index < -0.39 is 0 Å². The van der Waals surface area contributed by atoms with Gasteiger partial charge in [-0.05, 0) is 19.4 Å². The normalized spacial score (nSPS) is 11.8. The second-order valence-corrected chi connectivity index (χ2v) is 4.23. The molecule has 0 amide bonds. The summed E-state index contributed by atoms with van der Waals surface area (Å²) in [5, 5.41) is 0. The van der Waals surface area contributed by atoms with Crippen LogP contribution in [0.1, 0.15) is 38.0 Å². The number of rotatable bonds is 3. The summed E-state index contributed by atoms with van der Waals surface area (Å²) in [6.07, 6.45) is 0.941. The van der Waals surface area contributed by atoms with E-state index in [1.807, 2.05) is 6.92 Å². The van der Waals surface area contributed by atoms with Crippen LogP contribution in [-0.2, 0) is 11.8 Å². The topological polar surface area (TPSA) is 51.8 Å². The first kappa shape index (κ1) is 11.1. The van der Waals surface area contributed by atoms with Gasteiger partial charge >= 0.3 is 0 Å². The molecule has 14 heavy (non-hydrogen) atoms. The van der Waals surface area contributed by atoms with E-state index in [1.54, 1.807) is 0 Å². The zero-order valence-corrected chi connectivity index (χ0v) is 9.46. The molecule has 1 heterocycles. The molecule has 78 valence electrons. The first-order valence-electron chi connectivity index (χ1n) is 5.04. The summed E-state index contributed by atoms with van der Waals surface area (Å²) in [4.78, 5) is 8.78. The Labute approximate surface area is 85.8 Å². The van der Waals surface area contributed by atoms with Crippen LogP contribution in [0.5, 0.6) is 0 Å². The molecule has 2 N–H and O–H groups in total. The van der Waals surface area contributed by atoms with Crippen LogP contribution in [0.4, 0.5) is 0 Å². The van der Waals surface area contributed by atoms with Crippen molar-refractivity contribution in [1.82, 2.24) is 9.97 Å². The van der Waals surface area contributed by atoms with Gasteiger partial charge in [0.25, 0.3) is 0 Å². The molecule has 0 aliphatic heterocycles. The first-order valence-corrected chi connectivity index (χ1v) is 5.04. The van der Waals surface area contributed by atoms with E-state index in [1.165, 1.54) is 0 Å². The third kappa shape index (κ3) is 2.29. The fraction of sp³-hybridized carbons (Fsp3) is 0.636. The summed E-state index contributed by atoms with van der Waals surface area (Å²) >= 11 is 0. The lowest BCUT2D eigenvalue weighted by atomic mass is 9.89. The number of nitrogens with two attached hydrogens (primary N) is 1. The lowest BCUT2D eigenvalue weighted by Gasteiger charge is -2.22. The molecular formula is C11H19N3. The molecule has 0 aliphatic carbocycles. The molecule has 0 saturated heterocycles. The first-order chi connectivity index (χ1) is 6.49. The maximum Gasteiger partial charge on any atom is 0.125 e. The zero-order chi connectivity index (χ0) is 10.8. The number of aryl methyl sites for hydroxylation is 2. The molecule has 3 heteroatoms. The Balaban J connectivity index is 3.15. The minimum absolute atomic E-state index is 0.0579. The van der Waals surface area contributed by atoms with Gasteiger partial charge in [0.2, 0.25) is 0 Å². The van der Waals surface area contributed by atoms with Crippen molar-refractivity contribution >= 4 is 0 Å². The SMILES string of the molecule is CCc1cc(C(C)(C)CN)nc(C)n1. The van der Waals surface area contributed by atoms with Crippen molar-refractivity contribution in [2.45, 2.75) is 39.5 Å². The van der Waals surface area contributed by atoms with Gasteiger partial charge in [-0.25, -0.2) is 9.97 Å². The molecule has 1 aromatic rings. The van der Waals surface area contributed by atoms with Crippen molar-refractivity contribution in [2.75, 3.05) is 6.54 Å². The van der Waals surface area contributed by atoms with Crippen LogP contribution >= 0.6 is 0 Å². The molecule has 0 bridgehead atoms. The third-order valence-electron chi connectivity index (χ3n) is 2.46. The van der Waals surface area contributed by atoms with Gasteiger partial charge in [-0.15, -0.1) is 0 Å². The van der Waals surface area contributed by atoms with Crippen molar-refractivity contribution in [3.8, 4) is 0 Å². The monoisotopic (exact) mass is 193 g/mol. The van der Waals surface area contributed by atoms with Crippen molar-refractivity contribution in [1.29, 1.82) is 0 Å². The standard InChI is InChI=1S/C11H19N3/c1-5-9-6-10(11(3,4)7-12)14-8(2)13-9/h6H,5,7,12H2,1-4H3. The Morgan fingerprint density at radius 1 is 1.36 bits per heavy atom. The average molecular weight is 193 g/mol. The van der Waals surface area contributed by atoms with Gasteiger partial charge < -0.3 is 5.73 Å². The van der Waals surface area contributed by atoms with Gasteiger partial charge in [-0.2, -0.15) is 0 Å². The third-order valence-corrected chi connectivity index (χ3v) is 2.46. The Morgan fingerprint density at radius 3 is 2.50 bits per heavy atom. The Morgan fingerprint density at radius 2 is 2.00 bits per heavy atom. The molecule has 1 aromatic heterocycles. The quantitative estimate of drug-likeness (QED) is 0.793. The van der Waals surface area contributed by atoms with E-state index in [2.05, 4.69) is 36.8 Å². The van der Waals surface area contributed by atoms with Gasteiger partial charge in [0, 0.05) is 17.7 Å². The fourth-order valence-electron chi connectivity index (χ4n) is 1.26. The smallest absolute Gasteiger partial charge is 0.125 e. The average Bonchev–Trinajstić information content (AvgIpc) is 2.16. The van der Waals surface area contributed by atoms with Gasteiger partial charge in [0.05, 0.1) is 5.69 Å². The van der Waals surface area contributed by atoms with Gasteiger partial charge in [0.1, 0.15) is 5.82 Å². The second kappa shape index (κ2) is 4.05. The van der Waals surface area contributed by atoms with Crippen LogP contribution in [0.15, 0.2) is 6.07 Å². The van der Waals surface area contributed by atoms with Gasteiger partial charge in [-0.1, -0.05) is 20.8 Å². The van der Waals surface area contributed by atoms with E-state index in [-0.39, 0.29) is 5.41 Å². The van der Waals surface area contributed by atoms with Crippen LogP contribution in [0.3, 0.4) is 0 Å². The predicted octanol–water partition coefficient (Wildman–Crippen LogP) is 1.58. The highest BCUT2D eigenvalue weighted by Crippen LogP contribution is 2.20. The molecule has 0 atom stereocenters. The molecule has 0 radical (unpaired) electrons. The zero-order valence-electron chi connectivity index (χ0n) is 9.46. The molecular weight excluding hydrogens is 174 g/mol. The maximum absolute atomic E-state index is 5.72. The molecule has 0 fully saturated rings. The minimum atomic E-state index is -0.0579. The van der Waals surface area contributed by atoms with E-state index >= 15 is 0 Å². The van der Waals surface area contributed by atoms with Gasteiger partial charge in [0.15, 0.2) is 0 Å². The molecule has 0 saturated carbocycles. The van der Waals surface area contributed by atoms with Crippen LogP contribution in [-0.4, -0.2) is 16.5 Å². The Kier molecular flexibility index (Phi) is 3.21. The van der Waals surface area contributed by atoms with E-state index in [9.17, 15) is 0 Å². The summed E-state index contributed by atoms with van der Waals surface area (Å²) < 4.78 is 0. The van der Waals surface area contributed by atoms with Crippen LogP contribution < -0.4 is 5.73 Å². The number of aromatic nitrogens is 2. The molecule has 1 rings (SSSR count). The number of nitrogens with zero attached hydrogens (tertiary/aromatic N) is 2. The highest BCUT2D eigenvalue weighted by molar-refractivity contribution is 5.19. The van der Waals surface area contributed by atoms with Crippen molar-refractivity contribution in [3.63, 3.8) is 0 Å². The van der Waals surface area contributed by atoms with E-state index in [0.29, 0.717) is 6.54 Å².